The van der Waals surface area contributed by atoms with Crippen molar-refractivity contribution in [2.75, 3.05) is 11.4 Å². The van der Waals surface area contributed by atoms with E-state index < -0.39 is 0 Å². The molecule has 0 radical (unpaired) electrons. The fourth-order valence-electron chi connectivity index (χ4n) is 2.40. The Hall–Kier alpha value is -1.39. The summed E-state index contributed by atoms with van der Waals surface area (Å²) >= 11 is 1.70. The number of rotatable bonds is 2. The van der Waals surface area contributed by atoms with Gasteiger partial charge in [0, 0.05) is 25.0 Å². The third-order valence-electron chi connectivity index (χ3n) is 3.37. The van der Waals surface area contributed by atoms with Crippen LogP contribution in [0.3, 0.4) is 0 Å². The van der Waals surface area contributed by atoms with Gasteiger partial charge < -0.3 is 10.6 Å². The number of aromatic nitrogens is 1. The van der Waals surface area contributed by atoms with Crippen molar-refractivity contribution in [2.45, 2.75) is 25.9 Å². The lowest BCUT2D eigenvalue weighted by molar-refractivity contribution is 0.760. The van der Waals surface area contributed by atoms with Crippen LogP contribution < -0.4 is 10.6 Å². The largest absolute Gasteiger partial charge is 0.344 e. The van der Waals surface area contributed by atoms with Crippen molar-refractivity contribution in [3.05, 3.63) is 46.5 Å². The minimum Gasteiger partial charge on any atom is -0.344 e. The van der Waals surface area contributed by atoms with E-state index in [1.54, 1.807) is 11.3 Å². The molecule has 2 heterocycles. The molecule has 0 saturated carbocycles. The number of aryl methyl sites for hydroxylation is 1. The lowest BCUT2D eigenvalue weighted by Crippen LogP contribution is -2.22. The summed E-state index contributed by atoms with van der Waals surface area (Å²) < 4.78 is 0. The molecule has 2 N–H and O–H groups in total. The number of nitrogens with zero attached hydrogens (tertiary/aromatic N) is 2. The zero-order chi connectivity index (χ0) is 12.4. The van der Waals surface area contributed by atoms with Crippen molar-refractivity contribution in [1.82, 2.24) is 4.98 Å². The monoisotopic (exact) mass is 259 g/mol. The molecule has 2 aromatic rings. The van der Waals surface area contributed by atoms with E-state index in [-0.39, 0.29) is 0 Å². The van der Waals surface area contributed by atoms with Crippen LogP contribution in [0.2, 0.25) is 0 Å². The van der Waals surface area contributed by atoms with Crippen LogP contribution in [0.4, 0.5) is 5.13 Å². The van der Waals surface area contributed by atoms with E-state index in [4.69, 9.17) is 5.73 Å². The van der Waals surface area contributed by atoms with Gasteiger partial charge in [-0.25, -0.2) is 4.98 Å². The van der Waals surface area contributed by atoms with E-state index in [0.29, 0.717) is 6.54 Å². The maximum absolute atomic E-state index is 5.63. The van der Waals surface area contributed by atoms with Crippen LogP contribution in [0.1, 0.15) is 23.2 Å². The van der Waals surface area contributed by atoms with Crippen LogP contribution in [-0.4, -0.2) is 11.5 Å². The summed E-state index contributed by atoms with van der Waals surface area (Å²) in [5, 5.41) is 3.17. The standard InChI is InChI=1S/C14H17N3S/c15-8-13-10-18-14(16-13)17-7-3-6-11-4-1-2-5-12(11)9-17/h1-2,4-5,10H,3,6-9,15H2. The second-order valence-electron chi connectivity index (χ2n) is 4.62. The normalized spacial score (nSPS) is 15.3. The number of benzene rings is 1. The fourth-order valence-corrected chi connectivity index (χ4v) is 3.26. The smallest absolute Gasteiger partial charge is 0.185 e. The summed E-state index contributed by atoms with van der Waals surface area (Å²) in [6, 6.07) is 8.72. The molecule has 0 atom stereocenters. The van der Waals surface area contributed by atoms with E-state index >= 15 is 0 Å². The predicted molar refractivity (Wildman–Crippen MR) is 75.8 cm³/mol. The predicted octanol–water partition coefficient (Wildman–Crippen LogP) is 2.55. The Labute approximate surface area is 111 Å². The second kappa shape index (κ2) is 5.08. The minimum absolute atomic E-state index is 0.529. The summed E-state index contributed by atoms with van der Waals surface area (Å²) in [6.45, 7) is 2.57. The van der Waals surface area contributed by atoms with Gasteiger partial charge >= 0.3 is 0 Å². The molecule has 0 unspecified atom stereocenters. The van der Waals surface area contributed by atoms with Gasteiger partial charge in [0.05, 0.1) is 5.69 Å². The first-order valence-electron chi connectivity index (χ1n) is 6.33. The van der Waals surface area contributed by atoms with Gasteiger partial charge in [0.1, 0.15) is 0 Å². The molecule has 0 amide bonds. The van der Waals surface area contributed by atoms with Crippen molar-refractivity contribution >= 4 is 16.5 Å². The van der Waals surface area contributed by atoms with Crippen molar-refractivity contribution in [3.63, 3.8) is 0 Å². The number of hydrogen-bond acceptors (Lipinski definition) is 4. The van der Waals surface area contributed by atoms with Crippen LogP contribution >= 0.6 is 11.3 Å². The Morgan fingerprint density at radius 1 is 1.28 bits per heavy atom. The Kier molecular flexibility index (Phi) is 3.30. The van der Waals surface area contributed by atoms with Gasteiger partial charge in [-0.2, -0.15) is 0 Å². The van der Waals surface area contributed by atoms with Gasteiger partial charge in [-0.05, 0) is 24.0 Å². The van der Waals surface area contributed by atoms with Crippen LogP contribution in [0.5, 0.6) is 0 Å². The van der Waals surface area contributed by atoms with Crippen LogP contribution in [0.25, 0.3) is 0 Å². The molecule has 1 aromatic carbocycles. The van der Waals surface area contributed by atoms with Gasteiger partial charge in [-0.1, -0.05) is 24.3 Å². The van der Waals surface area contributed by atoms with Crippen molar-refractivity contribution in [2.24, 2.45) is 5.73 Å². The highest BCUT2D eigenvalue weighted by molar-refractivity contribution is 7.13. The number of nitrogens with two attached hydrogens (primary N) is 1. The van der Waals surface area contributed by atoms with Crippen LogP contribution in [0.15, 0.2) is 29.6 Å². The third-order valence-corrected chi connectivity index (χ3v) is 4.32. The number of thiazole rings is 1. The first kappa shape index (κ1) is 11.7. The van der Waals surface area contributed by atoms with Gasteiger partial charge in [0.2, 0.25) is 0 Å². The average molecular weight is 259 g/mol. The van der Waals surface area contributed by atoms with Gasteiger partial charge in [-0.3, -0.25) is 0 Å². The molecule has 1 aliphatic rings. The average Bonchev–Trinajstić information content (AvgIpc) is 2.78. The Morgan fingerprint density at radius 3 is 2.89 bits per heavy atom. The van der Waals surface area contributed by atoms with Crippen molar-refractivity contribution < 1.29 is 0 Å². The van der Waals surface area contributed by atoms with Gasteiger partial charge in [-0.15, -0.1) is 11.3 Å². The summed E-state index contributed by atoms with van der Waals surface area (Å²) in [5.41, 5.74) is 9.53. The zero-order valence-electron chi connectivity index (χ0n) is 10.3. The molecule has 3 nitrogen and oxygen atoms in total. The molecule has 0 spiro atoms. The van der Waals surface area contributed by atoms with E-state index in [9.17, 15) is 0 Å². The maximum atomic E-state index is 5.63. The zero-order valence-corrected chi connectivity index (χ0v) is 11.1. The third kappa shape index (κ3) is 2.26. The highest BCUT2D eigenvalue weighted by Gasteiger charge is 2.16. The molecule has 0 saturated heterocycles. The quantitative estimate of drug-likeness (QED) is 0.901. The molecule has 0 fully saturated rings. The molecule has 0 bridgehead atoms. The summed E-state index contributed by atoms with van der Waals surface area (Å²) in [4.78, 5) is 6.96. The first-order valence-corrected chi connectivity index (χ1v) is 7.21. The summed E-state index contributed by atoms with van der Waals surface area (Å²) in [5.74, 6) is 0. The Morgan fingerprint density at radius 2 is 2.11 bits per heavy atom. The number of anilines is 1. The van der Waals surface area contributed by atoms with Crippen LogP contribution in [0, 0.1) is 0 Å². The van der Waals surface area contributed by atoms with E-state index in [0.717, 1.165) is 23.9 Å². The van der Waals surface area contributed by atoms with E-state index in [1.807, 2.05) is 0 Å². The SMILES string of the molecule is NCc1csc(N2CCCc3ccccc3C2)n1. The van der Waals surface area contributed by atoms with Crippen molar-refractivity contribution in [1.29, 1.82) is 0 Å². The molecule has 18 heavy (non-hydrogen) atoms. The Bertz CT molecular complexity index is 535. The molecule has 3 rings (SSSR count). The Balaban J connectivity index is 1.86. The lowest BCUT2D eigenvalue weighted by atomic mass is 10.0. The molecule has 1 aliphatic heterocycles. The molecule has 4 heteroatoms. The second-order valence-corrected chi connectivity index (χ2v) is 5.46. The van der Waals surface area contributed by atoms with Crippen molar-refractivity contribution in [3.8, 4) is 0 Å². The number of hydrogen-bond donors (Lipinski definition) is 1. The lowest BCUT2D eigenvalue weighted by Gasteiger charge is -2.19. The topological polar surface area (TPSA) is 42.1 Å². The summed E-state index contributed by atoms with van der Waals surface area (Å²) in [7, 11) is 0. The van der Waals surface area contributed by atoms with Gasteiger partial charge in [0.15, 0.2) is 5.13 Å². The first-order chi connectivity index (χ1) is 8.86. The van der Waals surface area contributed by atoms with Gasteiger partial charge in [0.25, 0.3) is 0 Å². The molecule has 94 valence electrons. The van der Waals surface area contributed by atoms with E-state index in [1.165, 1.54) is 24.0 Å². The maximum Gasteiger partial charge on any atom is 0.185 e. The molecule has 0 aliphatic carbocycles. The van der Waals surface area contributed by atoms with Crippen LogP contribution in [-0.2, 0) is 19.5 Å². The number of fused-ring (bicyclic) bond motifs is 1. The minimum atomic E-state index is 0.529. The molecule has 1 aromatic heterocycles. The highest BCUT2D eigenvalue weighted by Crippen LogP contribution is 2.26. The highest BCUT2D eigenvalue weighted by atomic mass is 32.1. The summed E-state index contributed by atoms with van der Waals surface area (Å²) in [6.07, 6.45) is 2.36. The molecular formula is C14H17N3S. The molecular weight excluding hydrogens is 242 g/mol. The fraction of sp³-hybridized carbons (Fsp3) is 0.357. The van der Waals surface area contributed by atoms with E-state index in [2.05, 4.69) is 39.5 Å².